The monoisotopic (exact) mass is 643 g/mol. The Balaban J connectivity index is 1.64. The second kappa shape index (κ2) is 12.1. The molecule has 0 bridgehead atoms. The second-order valence-electron chi connectivity index (χ2n) is 9.16. The minimum atomic E-state index is -0.856. The van der Waals surface area contributed by atoms with E-state index < -0.39 is 22.5 Å². The fraction of sp³-hybridized carbons (Fsp3) is 0.207. The molecule has 5 rings (SSSR count). The Hall–Kier alpha value is -4.39. The number of methoxy groups -OCH3 is 2. The summed E-state index contributed by atoms with van der Waals surface area (Å²) in [6, 6.07) is 10.0. The van der Waals surface area contributed by atoms with Gasteiger partial charge >= 0.3 is 5.97 Å². The van der Waals surface area contributed by atoms with Gasteiger partial charge in [0.25, 0.3) is 11.2 Å². The number of hydrogen-bond acceptors (Lipinski definition) is 10. The van der Waals surface area contributed by atoms with E-state index in [0.717, 1.165) is 17.4 Å². The maximum atomic E-state index is 13.9. The molecule has 4 aromatic rings. The van der Waals surface area contributed by atoms with E-state index in [1.54, 1.807) is 50.3 Å². The summed E-state index contributed by atoms with van der Waals surface area (Å²) in [5, 5.41) is 11.2. The van der Waals surface area contributed by atoms with Crippen LogP contribution < -0.4 is 24.4 Å². The highest BCUT2D eigenvalue weighted by Crippen LogP contribution is 2.38. The van der Waals surface area contributed by atoms with Gasteiger partial charge in [0.15, 0.2) is 16.3 Å². The van der Waals surface area contributed by atoms with Crippen molar-refractivity contribution in [1.29, 1.82) is 0 Å². The molecule has 0 radical (unpaired) electrons. The van der Waals surface area contributed by atoms with Crippen LogP contribution >= 0.6 is 34.5 Å². The lowest BCUT2D eigenvalue weighted by Crippen LogP contribution is -2.39. The number of allylic oxidation sites excluding steroid dienone is 1. The molecule has 14 heteroatoms. The standard InChI is InChI=1S/C29H23Cl2N3O8S/c1-5-41-28(36)25-14(2)32-29-33(26(25)15-6-8-22(39-3)23(10-15)40-4)27(35)24(43-29)11-16-7-9-21(42-16)17-12-19(31)20(34(37)38)13-18(17)30/h6-13,26H,5H2,1-4H3/b24-11+. The molecule has 1 aliphatic rings. The van der Waals surface area contributed by atoms with Crippen LogP contribution in [0.5, 0.6) is 11.5 Å². The van der Waals surface area contributed by atoms with Gasteiger partial charge in [-0.3, -0.25) is 19.5 Å². The van der Waals surface area contributed by atoms with E-state index >= 15 is 0 Å². The quantitative estimate of drug-likeness (QED) is 0.144. The summed E-state index contributed by atoms with van der Waals surface area (Å²) < 4.78 is 23.8. The number of rotatable bonds is 8. The molecule has 0 fully saturated rings. The Morgan fingerprint density at radius 2 is 1.88 bits per heavy atom. The maximum absolute atomic E-state index is 13.9. The fourth-order valence-electron chi connectivity index (χ4n) is 4.70. The summed E-state index contributed by atoms with van der Waals surface area (Å²) in [5.41, 5.74) is 0.834. The van der Waals surface area contributed by atoms with Crippen molar-refractivity contribution in [2.75, 3.05) is 20.8 Å². The van der Waals surface area contributed by atoms with Crippen molar-refractivity contribution >= 4 is 52.3 Å². The third kappa shape index (κ3) is 5.56. The van der Waals surface area contributed by atoms with Crippen molar-refractivity contribution in [2.45, 2.75) is 19.9 Å². The minimum absolute atomic E-state index is 0.0771. The first-order valence-electron chi connectivity index (χ1n) is 12.7. The highest BCUT2D eigenvalue weighted by Gasteiger charge is 2.34. The summed E-state index contributed by atoms with van der Waals surface area (Å²) in [6.07, 6.45) is 1.54. The molecule has 0 amide bonds. The Morgan fingerprint density at radius 3 is 2.56 bits per heavy atom. The molecule has 222 valence electrons. The largest absolute Gasteiger partial charge is 0.493 e. The molecule has 11 nitrogen and oxygen atoms in total. The summed E-state index contributed by atoms with van der Waals surface area (Å²) in [6.45, 7) is 3.53. The number of fused-ring (bicyclic) bond motifs is 1. The number of carbonyl (C=O) groups is 1. The lowest BCUT2D eigenvalue weighted by atomic mass is 9.95. The Labute approximate surface area is 258 Å². The molecule has 1 aliphatic heterocycles. The van der Waals surface area contributed by atoms with Crippen LogP contribution in [-0.2, 0) is 9.53 Å². The Morgan fingerprint density at radius 1 is 1.14 bits per heavy atom. The van der Waals surface area contributed by atoms with E-state index in [0.29, 0.717) is 44.6 Å². The van der Waals surface area contributed by atoms with Crippen molar-refractivity contribution in [1.82, 2.24) is 4.57 Å². The first kappa shape index (κ1) is 30.1. The smallest absolute Gasteiger partial charge is 0.338 e. The number of carbonyl (C=O) groups excluding carboxylic acids is 1. The zero-order valence-corrected chi connectivity index (χ0v) is 25.5. The average Bonchev–Trinajstić information content (AvgIpc) is 3.56. The van der Waals surface area contributed by atoms with Crippen LogP contribution in [0.15, 0.2) is 67.9 Å². The zero-order valence-electron chi connectivity index (χ0n) is 23.2. The number of thiazole rings is 1. The van der Waals surface area contributed by atoms with E-state index in [2.05, 4.69) is 4.99 Å². The lowest BCUT2D eigenvalue weighted by Gasteiger charge is -2.25. The molecular weight excluding hydrogens is 621 g/mol. The van der Waals surface area contributed by atoms with Crippen molar-refractivity contribution < 1.29 is 28.3 Å². The van der Waals surface area contributed by atoms with Crippen molar-refractivity contribution in [2.24, 2.45) is 4.99 Å². The molecule has 0 saturated heterocycles. The Kier molecular flexibility index (Phi) is 8.45. The van der Waals surface area contributed by atoms with E-state index in [4.69, 9.17) is 41.8 Å². The van der Waals surface area contributed by atoms with Crippen LogP contribution in [0, 0.1) is 10.1 Å². The summed E-state index contributed by atoms with van der Waals surface area (Å²) in [4.78, 5) is 42.5. The lowest BCUT2D eigenvalue weighted by molar-refractivity contribution is -0.384. The molecule has 1 atom stereocenters. The third-order valence-electron chi connectivity index (χ3n) is 6.64. The SMILES string of the molecule is CCOC(=O)C1=C(C)N=c2s/c(=C/c3ccc(-c4cc(Cl)c([N+](=O)[O-])cc4Cl)o3)c(=O)n2C1c1ccc(OC)c(OC)c1. The van der Waals surface area contributed by atoms with E-state index in [1.165, 1.54) is 24.9 Å². The van der Waals surface area contributed by atoms with Crippen LogP contribution in [0.1, 0.15) is 31.2 Å². The normalized spacial score (nSPS) is 14.7. The molecule has 2 aromatic carbocycles. The predicted molar refractivity (Wildman–Crippen MR) is 161 cm³/mol. The number of nitro benzene ring substituents is 1. The zero-order chi connectivity index (χ0) is 31.0. The van der Waals surface area contributed by atoms with Crippen molar-refractivity contribution in [3.63, 3.8) is 0 Å². The minimum Gasteiger partial charge on any atom is -0.493 e. The van der Waals surface area contributed by atoms with Gasteiger partial charge < -0.3 is 18.6 Å². The van der Waals surface area contributed by atoms with Crippen LogP contribution in [-0.4, -0.2) is 36.3 Å². The van der Waals surface area contributed by atoms with Gasteiger partial charge in [-0.05, 0) is 49.7 Å². The molecule has 0 saturated carbocycles. The summed E-state index contributed by atoms with van der Waals surface area (Å²) in [7, 11) is 3.01. The van der Waals surface area contributed by atoms with Gasteiger partial charge in [0.1, 0.15) is 16.5 Å². The van der Waals surface area contributed by atoms with Crippen molar-refractivity contribution in [3.05, 3.63) is 105 Å². The molecule has 0 N–H and O–H groups in total. The van der Waals surface area contributed by atoms with E-state index in [-0.39, 0.29) is 32.4 Å². The van der Waals surface area contributed by atoms with Gasteiger partial charge in [-0.2, -0.15) is 0 Å². The molecule has 0 spiro atoms. The Bertz CT molecular complexity index is 1990. The van der Waals surface area contributed by atoms with Gasteiger partial charge in [-0.1, -0.05) is 40.6 Å². The van der Waals surface area contributed by atoms with Crippen LogP contribution in [0.25, 0.3) is 17.4 Å². The number of halogens is 2. The third-order valence-corrected chi connectivity index (χ3v) is 8.24. The maximum Gasteiger partial charge on any atom is 0.338 e. The highest BCUT2D eigenvalue weighted by atomic mass is 35.5. The summed E-state index contributed by atoms with van der Waals surface area (Å²) in [5.74, 6) is 0.930. The van der Waals surface area contributed by atoms with Gasteiger partial charge in [0, 0.05) is 17.7 Å². The molecule has 1 unspecified atom stereocenters. The summed E-state index contributed by atoms with van der Waals surface area (Å²) >= 11 is 13.5. The average molecular weight is 644 g/mol. The fourth-order valence-corrected chi connectivity index (χ4v) is 6.21. The highest BCUT2D eigenvalue weighted by molar-refractivity contribution is 7.07. The topological polar surface area (TPSA) is 135 Å². The predicted octanol–water partition coefficient (Wildman–Crippen LogP) is 5.29. The van der Waals surface area contributed by atoms with Gasteiger partial charge in [0.05, 0.1) is 52.6 Å². The first-order chi connectivity index (χ1) is 20.6. The van der Waals surface area contributed by atoms with Crippen LogP contribution in [0.2, 0.25) is 10.0 Å². The number of nitrogens with zero attached hydrogens (tertiary/aromatic N) is 3. The van der Waals surface area contributed by atoms with Gasteiger partial charge in [-0.25, -0.2) is 9.79 Å². The number of ether oxygens (including phenoxy) is 3. The van der Waals surface area contributed by atoms with Gasteiger partial charge in [-0.15, -0.1) is 0 Å². The first-order valence-corrected chi connectivity index (χ1v) is 14.3. The van der Waals surface area contributed by atoms with Crippen molar-refractivity contribution in [3.8, 4) is 22.8 Å². The van der Waals surface area contributed by atoms with Gasteiger partial charge in [0.2, 0.25) is 0 Å². The number of aromatic nitrogens is 1. The number of nitro groups is 1. The molecule has 0 aliphatic carbocycles. The number of furan rings is 1. The molecular formula is C29H23Cl2N3O8S. The number of esters is 1. The number of benzene rings is 2. The molecule has 2 aromatic heterocycles. The molecule has 3 heterocycles. The van der Waals surface area contributed by atoms with E-state index in [1.807, 2.05) is 0 Å². The second-order valence-corrected chi connectivity index (χ2v) is 11.0. The van der Waals surface area contributed by atoms with E-state index in [9.17, 15) is 19.7 Å². The van der Waals surface area contributed by atoms with Crippen LogP contribution in [0.3, 0.4) is 0 Å². The van der Waals surface area contributed by atoms with Crippen LogP contribution in [0.4, 0.5) is 5.69 Å². The number of hydrogen-bond donors (Lipinski definition) is 0. The molecule has 43 heavy (non-hydrogen) atoms.